The van der Waals surface area contributed by atoms with Gasteiger partial charge in [-0.05, 0) is 60.7 Å². The normalized spacial score (nSPS) is 10.4. The van der Waals surface area contributed by atoms with E-state index in [0.717, 1.165) is 24.3 Å². The third-order valence-electron chi connectivity index (χ3n) is 3.77. The number of anilines is 2. The molecule has 0 aliphatic rings. The predicted octanol–water partition coefficient (Wildman–Crippen LogP) is 5.78. The van der Waals surface area contributed by atoms with E-state index in [9.17, 15) is 18.4 Å². The van der Waals surface area contributed by atoms with Crippen molar-refractivity contribution in [2.45, 2.75) is 0 Å². The van der Waals surface area contributed by atoms with Gasteiger partial charge in [-0.15, -0.1) is 0 Å². The van der Waals surface area contributed by atoms with Crippen LogP contribution in [0.15, 0.2) is 60.7 Å². The summed E-state index contributed by atoms with van der Waals surface area (Å²) in [7, 11) is 0. The first-order valence-corrected chi connectivity index (χ1v) is 8.72. The Hall–Kier alpha value is -2.96. The highest BCUT2D eigenvalue weighted by Crippen LogP contribution is 2.33. The molecule has 0 aliphatic heterocycles. The first kappa shape index (κ1) is 19.8. The molecule has 142 valence electrons. The fraction of sp³-hybridized carbons (Fsp3) is 0. The van der Waals surface area contributed by atoms with Crippen LogP contribution in [0.3, 0.4) is 0 Å². The van der Waals surface area contributed by atoms with E-state index in [1.165, 1.54) is 36.4 Å². The summed E-state index contributed by atoms with van der Waals surface area (Å²) in [6.07, 6.45) is 0. The summed E-state index contributed by atoms with van der Waals surface area (Å²) in [5.41, 5.74) is 0.859. The van der Waals surface area contributed by atoms with Gasteiger partial charge in [0.1, 0.15) is 11.6 Å². The van der Waals surface area contributed by atoms with Crippen LogP contribution in [0.25, 0.3) is 0 Å². The third kappa shape index (κ3) is 4.65. The zero-order chi connectivity index (χ0) is 20.3. The van der Waals surface area contributed by atoms with Gasteiger partial charge in [0.2, 0.25) is 0 Å². The lowest BCUT2D eigenvalue weighted by Crippen LogP contribution is -2.14. The van der Waals surface area contributed by atoms with Crippen molar-refractivity contribution in [1.82, 2.24) is 0 Å². The van der Waals surface area contributed by atoms with Crippen LogP contribution in [0, 0.1) is 11.6 Å². The highest BCUT2D eigenvalue weighted by Gasteiger charge is 2.14. The highest BCUT2D eigenvalue weighted by atomic mass is 35.5. The van der Waals surface area contributed by atoms with E-state index >= 15 is 0 Å². The van der Waals surface area contributed by atoms with Gasteiger partial charge in [-0.25, -0.2) is 8.78 Å². The fourth-order valence-corrected chi connectivity index (χ4v) is 2.81. The maximum atomic E-state index is 13.0. The largest absolute Gasteiger partial charge is 0.321 e. The summed E-state index contributed by atoms with van der Waals surface area (Å²) in [6, 6.07) is 12.7. The quantitative estimate of drug-likeness (QED) is 0.562. The minimum Gasteiger partial charge on any atom is -0.321 e. The lowest BCUT2D eigenvalue weighted by molar-refractivity contribution is 0.101. The lowest BCUT2D eigenvalue weighted by atomic mass is 10.2. The Labute approximate surface area is 169 Å². The minimum absolute atomic E-state index is 0.153. The van der Waals surface area contributed by atoms with Crippen LogP contribution in [0.5, 0.6) is 0 Å². The molecule has 0 atom stereocenters. The molecule has 0 fully saturated rings. The monoisotopic (exact) mass is 420 g/mol. The van der Waals surface area contributed by atoms with Crippen molar-refractivity contribution in [2.75, 3.05) is 10.6 Å². The molecule has 28 heavy (non-hydrogen) atoms. The topological polar surface area (TPSA) is 58.2 Å². The Morgan fingerprint density at radius 2 is 1.00 bits per heavy atom. The first-order valence-electron chi connectivity index (χ1n) is 7.96. The van der Waals surface area contributed by atoms with Crippen LogP contribution < -0.4 is 10.6 Å². The van der Waals surface area contributed by atoms with E-state index in [1.54, 1.807) is 0 Å². The molecule has 0 unspecified atom stereocenters. The van der Waals surface area contributed by atoms with Crippen LogP contribution in [-0.4, -0.2) is 11.8 Å². The Bertz CT molecular complexity index is 959. The van der Waals surface area contributed by atoms with Crippen molar-refractivity contribution in [1.29, 1.82) is 0 Å². The van der Waals surface area contributed by atoms with E-state index in [2.05, 4.69) is 10.6 Å². The van der Waals surface area contributed by atoms with Crippen molar-refractivity contribution >= 4 is 46.4 Å². The summed E-state index contributed by atoms with van der Waals surface area (Å²) < 4.78 is 26.0. The Morgan fingerprint density at radius 1 is 0.643 bits per heavy atom. The number of benzene rings is 3. The Balaban J connectivity index is 1.81. The minimum atomic E-state index is -0.514. The second kappa shape index (κ2) is 8.37. The summed E-state index contributed by atoms with van der Waals surface area (Å²) in [5, 5.41) is 5.47. The SMILES string of the molecule is O=C(Nc1cc(NC(=O)c2ccc(F)cc2)c(Cl)cc1Cl)c1ccc(F)cc1. The molecule has 0 heterocycles. The average Bonchev–Trinajstić information content (AvgIpc) is 2.66. The standard InChI is InChI=1S/C20H12Cl2F2N2O2/c21-15-9-16(22)18(26-20(28)12-3-7-14(24)8-4-12)10-17(15)25-19(27)11-1-5-13(23)6-2-11/h1-10H,(H,25,27)(H,26,28). The molecule has 2 amide bonds. The van der Waals surface area contributed by atoms with Gasteiger partial charge in [-0.1, -0.05) is 23.2 Å². The molecule has 0 bridgehead atoms. The van der Waals surface area contributed by atoms with Crippen LogP contribution in [-0.2, 0) is 0 Å². The predicted molar refractivity (Wildman–Crippen MR) is 105 cm³/mol. The van der Waals surface area contributed by atoms with E-state index in [-0.39, 0.29) is 32.5 Å². The van der Waals surface area contributed by atoms with Gasteiger partial charge in [0, 0.05) is 11.1 Å². The highest BCUT2D eigenvalue weighted by molar-refractivity contribution is 6.38. The summed E-state index contributed by atoms with van der Waals surface area (Å²) >= 11 is 12.2. The zero-order valence-electron chi connectivity index (χ0n) is 14.1. The third-order valence-corrected chi connectivity index (χ3v) is 4.39. The maximum Gasteiger partial charge on any atom is 0.255 e. The average molecular weight is 421 g/mol. The zero-order valence-corrected chi connectivity index (χ0v) is 15.6. The molecule has 3 aromatic rings. The van der Waals surface area contributed by atoms with Crippen molar-refractivity contribution in [2.24, 2.45) is 0 Å². The number of hydrogen-bond acceptors (Lipinski definition) is 2. The number of hydrogen-bond donors (Lipinski definition) is 2. The molecule has 8 heteroatoms. The second-order valence-electron chi connectivity index (χ2n) is 5.73. The van der Waals surface area contributed by atoms with Gasteiger partial charge in [0.15, 0.2) is 0 Å². The fourth-order valence-electron chi connectivity index (χ4n) is 2.33. The summed E-state index contributed by atoms with van der Waals surface area (Å²) in [5.74, 6) is -1.96. The van der Waals surface area contributed by atoms with Gasteiger partial charge in [0.05, 0.1) is 21.4 Å². The number of rotatable bonds is 4. The molecular formula is C20H12Cl2F2N2O2. The van der Waals surface area contributed by atoms with E-state index < -0.39 is 23.4 Å². The van der Waals surface area contributed by atoms with Gasteiger partial charge >= 0.3 is 0 Å². The van der Waals surface area contributed by atoms with Crippen molar-refractivity contribution in [3.63, 3.8) is 0 Å². The number of carbonyl (C=O) groups is 2. The van der Waals surface area contributed by atoms with Gasteiger partial charge in [-0.2, -0.15) is 0 Å². The molecule has 0 aromatic heterocycles. The molecule has 2 N–H and O–H groups in total. The van der Waals surface area contributed by atoms with Crippen molar-refractivity contribution in [3.05, 3.63) is 93.5 Å². The molecule has 3 rings (SSSR count). The number of amides is 2. The van der Waals surface area contributed by atoms with E-state index in [0.29, 0.717) is 0 Å². The lowest BCUT2D eigenvalue weighted by Gasteiger charge is -2.13. The van der Waals surface area contributed by atoms with Crippen LogP contribution in [0.4, 0.5) is 20.2 Å². The molecule has 4 nitrogen and oxygen atoms in total. The van der Waals surface area contributed by atoms with Crippen molar-refractivity contribution < 1.29 is 18.4 Å². The van der Waals surface area contributed by atoms with Crippen LogP contribution >= 0.6 is 23.2 Å². The molecule has 0 saturated heterocycles. The molecule has 3 aromatic carbocycles. The Morgan fingerprint density at radius 3 is 1.36 bits per heavy atom. The first-order chi connectivity index (χ1) is 13.3. The van der Waals surface area contributed by atoms with Crippen LogP contribution in [0.2, 0.25) is 10.0 Å². The molecule has 0 aliphatic carbocycles. The van der Waals surface area contributed by atoms with E-state index in [4.69, 9.17) is 23.2 Å². The van der Waals surface area contributed by atoms with E-state index in [1.807, 2.05) is 0 Å². The van der Waals surface area contributed by atoms with Gasteiger partial charge < -0.3 is 10.6 Å². The second-order valence-corrected chi connectivity index (χ2v) is 6.55. The Kier molecular flexibility index (Phi) is 5.92. The number of nitrogens with one attached hydrogen (secondary N) is 2. The summed E-state index contributed by atoms with van der Waals surface area (Å²) in [6.45, 7) is 0. The number of halogens is 4. The van der Waals surface area contributed by atoms with Gasteiger partial charge in [0.25, 0.3) is 11.8 Å². The molecule has 0 radical (unpaired) electrons. The molecular weight excluding hydrogens is 409 g/mol. The summed E-state index contributed by atoms with van der Waals surface area (Å²) in [4.78, 5) is 24.6. The van der Waals surface area contributed by atoms with Crippen LogP contribution in [0.1, 0.15) is 20.7 Å². The molecule has 0 saturated carbocycles. The molecule has 0 spiro atoms. The number of carbonyl (C=O) groups excluding carboxylic acids is 2. The van der Waals surface area contributed by atoms with Crippen molar-refractivity contribution in [3.8, 4) is 0 Å². The maximum absolute atomic E-state index is 13.0. The smallest absolute Gasteiger partial charge is 0.255 e. The van der Waals surface area contributed by atoms with Gasteiger partial charge in [-0.3, -0.25) is 9.59 Å².